The van der Waals surface area contributed by atoms with Gasteiger partial charge in [-0.2, -0.15) is 4.68 Å². The van der Waals surface area contributed by atoms with Gasteiger partial charge in [-0.3, -0.25) is 4.79 Å². The maximum absolute atomic E-state index is 12.3. The Labute approximate surface area is 148 Å². The Bertz CT molecular complexity index is 834. The van der Waals surface area contributed by atoms with Gasteiger partial charge in [-0.1, -0.05) is 23.9 Å². The fraction of sp³-hybridized carbons (Fsp3) is 0.250. The van der Waals surface area contributed by atoms with Crippen LogP contribution in [0, 0.1) is 0 Å². The van der Waals surface area contributed by atoms with Crippen molar-refractivity contribution < 1.29 is 13.9 Å². The van der Waals surface area contributed by atoms with Crippen LogP contribution in [0.5, 0.6) is 5.75 Å². The van der Waals surface area contributed by atoms with Crippen LogP contribution in [0.4, 0.5) is 0 Å². The molecule has 0 spiro atoms. The third-order valence-electron chi connectivity index (χ3n) is 3.42. The molecule has 0 radical (unpaired) electrons. The molecule has 130 valence electrons. The summed E-state index contributed by atoms with van der Waals surface area (Å²) in [6, 6.07) is 11.0. The fourth-order valence-electron chi connectivity index (χ4n) is 2.15. The number of nitrogens with one attached hydrogen (secondary N) is 1. The first-order valence-electron chi connectivity index (χ1n) is 7.57. The highest BCUT2D eigenvalue weighted by Gasteiger charge is 2.20. The molecule has 0 bridgehead atoms. The smallest absolute Gasteiger partial charge is 0.233 e. The largest absolute Gasteiger partial charge is 0.494 e. The molecule has 25 heavy (non-hydrogen) atoms. The van der Waals surface area contributed by atoms with E-state index >= 15 is 0 Å². The van der Waals surface area contributed by atoms with E-state index in [1.165, 1.54) is 11.8 Å². The Morgan fingerprint density at radius 3 is 2.96 bits per heavy atom. The molecule has 9 heteroatoms. The Morgan fingerprint density at radius 2 is 2.20 bits per heavy atom. The molecule has 2 heterocycles. The minimum Gasteiger partial charge on any atom is -0.494 e. The number of thioether (sulfide) groups is 1. The molecule has 8 nitrogen and oxygen atoms in total. The van der Waals surface area contributed by atoms with Crippen LogP contribution < -0.4 is 10.1 Å². The van der Waals surface area contributed by atoms with Crippen LogP contribution in [0.1, 0.15) is 12.7 Å². The molecule has 3 aromatic rings. The number of hydrogen-bond acceptors (Lipinski definition) is 7. The number of nitrogens with zero attached hydrogens (tertiary/aromatic N) is 4. The van der Waals surface area contributed by atoms with Gasteiger partial charge in [-0.05, 0) is 41.6 Å². The first kappa shape index (κ1) is 17.0. The average Bonchev–Trinajstić information content (AvgIpc) is 3.31. The van der Waals surface area contributed by atoms with Gasteiger partial charge in [-0.15, -0.1) is 5.10 Å². The minimum atomic E-state index is -0.380. The zero-order valence-corrected chi connectivity index (χ0v) is 14.6. The van der Waals surface area contributed by atoms with Crippen molar-refractivity contribution in [2.75, 3.05) is 7.11 Å². The number of tetrazole rings is 1. The zero-order chi connectivity index (χ0) is 17.6. The summed E-state index contributed by atoms with van der Waals surface area (Å²) < 4.78 is 12.1. The van der Waals surface area contributed by atoms with Crippen LogP contribution in [0.15, 0.2) is 52.2 Å². The van der Waals surface area contributed by atoms with E-state index in [0.29, 0.717) is 28.9 Å². The van der Waals surface area contributed by atoms with Crippen LogP contribution >= 0.6 is 11.8 Å². The fourth-order valence-corrected chi connectivity index (χ4v) is 2.98. The number of aromatic nitrogens is 4. The molecule has 0 aliphatic carbocycles. The molecular weight excluding hydrogens is 342 g/mol. The number of rotatable bonds is 7. The molecular formula is C16H17N5O3S. The maximum atomic E-state index is 12.3. The lowest BCUT2D eigenvalue weighted by molar-refractivity contribution is -0.120. The predicted molar refractivity (Wildman–Crippen MR) is 91.6 cm³/mol. The Balaban J connectivity index is 1.69. The molecule has 0 aliphatic rings. The lowest BCUT2D eigenvalue weighted by Gasteiger charge is -2.12. The molecule has 0 saturated carbocycles. The van der Waals surface area contributed by atoms with Crippen LogP contribution in [0.2, 0.25) is 0 Å². The Kier molecular flexibility index (Phi) is 5.34. The van der Waals surface area contributed by atoms with Gasteiger partial charge in [-0.25, -0.2) is 0 Å². The van der Waals surface area contributed by atoms with Crippen molar-refractivity contribution in [3.8, 4) is 11.4 Å². The molecule has 1 N–H and O–H groups in total. The van der Waals surface area contributed by atoms with E-state index < -0.39 is 0 Å². The summed E-state index contributed by atoms with van der Waals surface area (Å²) in [5.41, 5.74) is 0.709. The van der Waals surface area contributed by atoms with Gasteiger partial charge < -0.3 is 14.5 Å². The highest BCUT2D eigenvalue weighted by Crippen LogP contribution is 2.27. The van der Waals surface area contributed by atoms with Crippen LogP contribution in [-0.2, 0) is 11.3 Å². The van der Waals surface area contributed by atoms with Crippen LogP contribution in [-0.4, -0.2) is 38.5 Å². The average molecular weight is 359 g/mol. The van der Waals surface area contributed by atoms with E-state index in [1.807, 2.05) is 24.3 Å². The van der Waals surface area contributed by atoms with E-state index in [2.05, 4.69) is 20.8 Å². The molecule has 3 rings (SSSR count). The zero-order valence-electron chi connectivity index (χ0n) is 13.7. The summed E-state index contributed by atoms with van der Waals surface area (Å²) in [5, 5.41) is 14.7. The second-order valence-electron chi connectivity index (χ2n) is 5.10. The molecule has 2 aromatic heterocycles. The lowest BCUT2D eigenvalue weighted by Crippen LogP contribution is -2.30. The number of methoxy groups -OCH3 is 1. The molecule has 0 aliphatic heterocycles. The monoisotopic (exact) mass is 359 g/mol. The predicted octanol–water partition coefficient (Wildman–Crippen LogP) is 2.06. The number of ether oxygens (including phenoxy) is 1. The maximum Gasteiger partial charge on any atom is 0.233 e. The van der Waals surface area contributed by atoms with E-state index in [4.69, 9.17) is 9.15 Å². The molecule has 1 amide bonds. The van der Waals surface area contributed by atoms with Gasteiger partial charge in [0.15, 0.2) is 0 Å². The van der Waals surface area contributed by atoms with Crippen molar-refractivity contribution in [3.63, 3.8) is 0 Å². The standard InChI is InChI=1S/C16H17N5O3S/c1-11(15(22)17-10-12-6-5-9-24-12)25-16-18-19-20-21(16)13-7-3-4-8-14(13)23-2/h3-9,11H,10H2,1-2H3,(H,17,22). The number of furan rings is 1. The van der Waals surface area contributed by atoms with Crippen LogP contribution in [0.25, 0.3) is 5.69 Å². The molecule has 0 fully saturated rings. The molecule has 0 saturated heterocycles. The van der Waals surface area contributed by atoms with E-state index in [9.17, 15) is 4.79 Å². The third kappa shape index (κ3) is 4.00. The van der Waals surface area contributed by atoms with Crippen molar-refractivity contribution in [1.82, 2.24) is 25.5 Å². The van der Waals surface area contributed by atoms with E-state index in [1.54, 1.807) is 37.1 Å². The highest BCUT2D eigenvalue weighted by atomic mass is 32.2. The lowest BCUT2D eigenvalue weighted by atomic mass is 10.3. The van der Waals surface area contributed by atoms with Crippen molar-refractivity contribution in [1.29, 1.82) is 0 Å². The second-order valence-corrected chi connectivity index (χ2v) is 6.41. The summed E-state index contributed by atoms with van der Waals surface area (Å²) in [5.74, 6) is 1.21. The second kappa shape index (κ2) is 7.84. The first-order chi connectivity index (χ1) is 12.2. The first-order valence-corrected chi connectivity index (χ1v) is 8.45. The van der Waals surface area contributed by atoms with Crippen LogP contribution in [0.3, 0.4) is 0 Å². The summed E-state index contributed by atoms with van der Waals surface area (Å²) in [6.45, 7) is 2.14. The number of benzene rings is 1. The van der Waals surface area contributed by atoms with Gasteiger partial charge >= 0.3 is 0 Å². The number of para-hydroxylation sites is 2. The molecule has 1 atom stereocenters. The van der Waals surface area contributed by atoms with Crippen molar-refractivity contribution in [3.05, 3.63) is 48.4 Å². The number of amides is 1. The molecule has 1 unspecified atom stereocenters. The van der Waals surface area contributed by atoms with Crippen molar-refractivity contribution in [2.45, 2.75) is 23.9 Å². The van der Waals surface area contributed by atoms with E-state index in [0.717, 1.165) is 0 Å². The Morgan fingerprint density at radius 1 is 1.36 bits per heavy atom. The van der Waals surface area contributed by atoms with Gasteiger partial charge in [0.1, 0.15) is 17.2 Å². The summed E-state index contributed by atoms with van der Waals surface area (Å²) in [4.78, 5) is 12.3. The van der Waals surface area contributed by atoms with Gasteiger partial charge in [0, 0.05) is 0 Å². The SMILES string of the molecule is COc1ccccc1-n1nnnc1SC(C)C(=O)NCc1ccco1. The van der Waals surface area contributed by atoms with Gasteiger partial charge in [0.2, 0.25) is 11.1 Å². The Hall–Kier alpha value is -2.81. The number of carbonyl (C=O) groups is 1. The number of carbonyl (C=O) groups excluding carboxylic acids is 1. The van der Waals surface area contributed by atoms with E-state index in [-0.39, 0.29) is 11.2 Å². The topological polar surface area (TPSA) is 95.1 Å². The minimum absolute atomic E-state index is 0.129. The summed E-state index contributed by atoms with van der Waals surface area (Å²) in [6.07, 6.45) is 1.57. The molecule has 1 aromatic carbocycles. The number of hydrogen-bond donors (Lipinski definition) is 1. The van der Waals surface area contributed by atoms with Gasteiger partial charge in [0.05, 0.1) is 25.2 Å². The van der Waals surface area contributed by atoms with Crippen molar-refractivity contribution in [2.24, 2.45) is 0 Å². The summed E-state index contributed by atoms with van der Waals surface area (Å²) in [7, 11) is 1.58. The van der Waals surface area contributed by atoms with Gasteiger partial charge in [0.25, 0.3) is 0 Å². The summed E-state index contributed by atoms with van der Waals surface area (Å²) >= 11 is 1.26. The normalized spacial score (nSPS) is 11.9. The quantitative estimate of drug-likeness (QED) is 0.645. The van der Waals surface area contributed by atoms with Crippen molar-refractivity contribution >= 4 is 17.7 Å². The highest BCUT2D eigenvalue weighted by molar-refractivity contribution is 8.00. The third-order valence-corrected chi connectivity index (χ3v) is 4.46.